The minimum atomic E-state index is -0.348. The molecule has 0 aliphatic carbocycles. The zero-order valence-electron chi connectivity index (χ0n) is 13.6. The first-order chi connectivity index (χ1) is 11.7. The molecule has 1 aliphatic heterocycles. The van der Waals surface area contributed by atoms with E-state index in [0.717, 1.165) is 25.9 Å². The molecule has 1 saturated heterocycles. The maximum atomic E-state index is 13.7. The number of hydrogen-bond acceptors (Lipinski definition) is 4. The van der Waals surface area contributed by atoms with E-state index in [2.05, 4.69) is 4.98 Å². The zero-order chi connectivity index (χ0) is 16.9. The first-order valence-electron chi connectivity index (χ1n) is 8.35. The van der Waals surface area contributed by atoms with E-state index in [-0.39, 0.29) is 11.7 Å². The van der Waals surface area contributed by atoms with E-state index in [1.165, 1.54) is 12.3 Å². The van der Waals surface area contributed by atoms with E-state index in [0.29, 0.717) is 42.5 Å². The Morgan fingerprint density at radius 1 is 1.33 bits per heavy atom. The fraction of sp³-hybridized carbons (Fsp3) is 0.444. The summed E-state index contributed by atoms with van der Waals surface area (Å²) in [6.45, 7) is 2.23. The predicted octanol–water partition coefficient (Wildman–Crippen LogP) is 2.61. The number of nitrogens with zero attached hydrogens (tertiary/aromatic N) is 2. The fourth-order valence-corrected chi connectivity index (χ4v) is 3.00. The van der Waals surface area contributed by atoms with Crippen molar-refractivity contribution in [1.82, 2.24) is 9.88 Å². The number of piperidine rings is 1. The molecule has 0 unspecified atom stereocenters. The topological polar surface area (TPSA) is 72.4 Å². The second kappa shape index (κ2) is 7.57. The number of aryl methyl sites for hydroxylation is 1. The molecule has 5 nitrogen and oxygen atoms in total. The lowest BCUT2D eigenvalue weighted by Gasteiger charge is -2.31. The van der Waals surface area contributed by atoms with Crippen LogP contribution in [-0.4, -0.2) is 35.4 Å². The number of hydrogen-bond donors (Lipinski definition) is 1. The normalized spacial score (nSPS) is 15.7. The van der Waals surface area contributed by atoms with Crippen molar-refractivity contribution in [2.45, 2.75) is 25.7 Å². The lowest BCUT2D eigenvalue weighted by molar-refractivity contribution is -0.132. The van der Waals surface area contributed by atoms with Gasteiger partial charge in [-0.25, -0.2) is 9.37 Å². The summed E-state index contributed by atoms with van der Waals surface area (Å²) in [6.07, 6.45) is 4.22. The van der Waals surface area contributed by atoms with E-state index >= 15 is 0 Å². The molecular weight excluding hydrogens is 309 g/mol. The van der Waals surface area contributed by atoms with Crippen LogP contribution in [0.2, 0.25) is 0 Å². The molecule has 24 heavy (non-hydrogen) atoms. The molecule has 3 rings (SSSR count). The van der Waals surface area contributed by atoms with Crippen LogP contribution in [0.1, 0.15) is 25.2 Å². The van der Waals surface area contributed by atoms with Crippen LogP contribution >= 0.6 is 0 Å². The van der Waals surface area contributed by atoms with E-state index in [1.807, 2.05) is 4.90 Å². The molecule has 1 aliphatic rings. The molecule has 6 heteroatoms. The number of amides is 1. The molecular formula is C18H22FN3O2. The van der Waals surface area contributed by atoms with Gasteiger partial charge in [0, 0.05) is 25.9 Å². The molecule has 1 amide bonds. The van der Waals surface area contributed by atoms with Gasteiger partial charge in [-0.1, -0.05) is 12.1 Å². The minimum absolute atomic E-state index is 0.108. The second-order valence-corrected chi connectivity index (χ2v) is 6.16. The molecule has 0 radical (unpaired) electrons. The van der Waals surface area contributed by atoms with Gasteiger partial charge in [0.2, 0.25) is 5.91 Å². The largest absolute Gasteiger partial charge is 0.441 e. The summed E-state index contributed by atoms with van der Waals surface area (Å²) >= 11 is 0. The van der Waals surface area contributed by atoms with Crippen molar-refractivity contribution in [3.63, 3.8) is 0 Å². The molecule has 2 aromatic rings. The smallest absolute Gasteiger partial charge is 0.223 e. The van der Waals surface area contributed by atoms with Crippen LogP contribution < -0.4 is 5.73 Å². The number of carbonyl (C=O) groups excluding carboxylic acids is 1. The van der Waals surface area contributed by atoms with Crippen LogP contribution in [-0.2, 0) is 11.2 Å². The molecule has 128 valence electrons. The van der Waals surface area contributed by atoms with E-state index in [9.17, 15) is 9.18 Å². The number of halogens is 1. The Kier molecular flexibility index (Phi) is 5.25. The molecule has 0 spiro atoms. The Labute approximate surface area is 140 Å². The average Bonchev–Trinajstić information content (AvgIpc) is 3.09. The Morgan fingerprint density at radius 2 is 2.08 bits per heavy atom. The molecule has 0 saturated carbocycles. The molecule has 0 atom stereocenters. The Bertz CT molecular complexity index is 693. The highest BCUT2D eigenvalue weighted by Gasteiger charge is 2.22. The van der Waals surface area contributed by atoms with Gasteiger partial charge in [-0.15, -0.1) is 0 Å². The molecule has 1 aromatic heterocycles. The third-order valence-electron chi connectivity index (χ3n) is 4.55. The van der Waals surface area contributed by atoms with Gasteiger partial charge in [0.25, 0.3) is 0 Å². The summed E-state index contributed by atoms with van der Waals surface area (Å²) in [5.41, 5.74) is 6.05. The summed E-state index contributed by atoms with van der Waals surface area (Å²) in [6, 6.07) is 6.40. The highest BCUT2D eigenvalue weighted by Crippen LogP contribution is 2.24. The van der Waals surface area contributed by atoms with Gasteiger partial charge < -0.3 is 15.1 Å². The van der Waals surface area contributed by atoms with Crippen molar-refractivity contribution in [1.29, 1.82) is 0 Å². The Balaban J connectivity index is 1.54. The first-order valence-corrected chi connectivity index (χ1v) is 8.35. The van der Waals surface area contributed by atoms with Crippen molar-refractivity contribution in [3.8, 4) is 11.3 Å². The van der Waals surface area contributed by atoms with Gasteiger partial charge >= 0.3 is 0 Å². The Morgan fingerprint density at radius 3 is 2.79 bits per heavy atom. The molecule has 0 bridgehead atoms. The summed E-state index contributed by atoms with van der Waals surface area (Å²) in [5.74, 6) is 1.14. The number of nitrogens with two attached hydrogens (primary N) is 1. The second-order valence-electron chi connectivity index (χ2n) is 6.16. The zero-order valence-corrected chi connectivity index (χ0v) is 13.6. The quantitative estimate of drug-likeness (QED) is 0.914. The van der Waals surface area contributed by atoms with Gasteiger partial charge in [0.05, 0.1) is 11.8 Å². The lowest BCUT2D eigenvalue weighted by atomic mass is 9.97. The van der Waals surface area contributed by atoms with Gasteiger partial charge in [-0.3, -0.25) is 4.79 Å². The van der Waals surface area contributed by atoms with Crippen LogP contribution in [0.4, 0.5) is 4.39 Å². The molecule has 2 heterocycles. The van der Waals surface area contributed by atoms with Gasteiger partial charge in [0.15, 0.2) is 11.7 Å². The molecule has 1 fully saturated rings. The van der Waals surface area contributed by atoms with Crippen LogP contribution in [0.5, 0.6) is 0 Å². The number of carbonyl (C=O) groups is 1. The maximum Gasteiger partial charge on any atom is 0.223 e. The minimum Gasteiger partial charge on any atom is -0.441 e. The van der Waals surface area contributed by atoms with Crippen LogP contribution in [0.3, 0.4) is 0 Å². The van der Waals surface area contributed by atoms with Crippen LogP contribution in [0.15, 0.2) is 34.9 Å². The fourth-order valence-electron chi connectivity index (χ4n) is 3.00. The monoisotopic (exact) mass is 331 g/mol. The van der Waals surface area contributed by atoms with E-state index in [1.54, 1.807) is 18.2 Å². The maximum absolute atomic E-state index is 13.7. The van der Waals surface area contributed by atoms with Crippen molar-refractivity contribution in [2.75, 3.05) is 19.6 Å². The summed E-state index contributed by atoms with van der Waals surface area (Å²) in [7, 11) is 0. The van der Waals surface area contributed by atoms with Gasteiger partial charge in [0.1, 0.15) is 5.82 Å². The van der Waals surface area contributed by atoms with E-state index < -0.39 is 0 Å². The van der Waals surface area contributed by atoms with Crippen molar-refractivity contribution in [2.24, 2.45) is 11.7 Å². The van der Waals surface area contributed by atoms with E-state index in [4.69, 9.17) is 10.2 Å². The number of rotatable bonds is 5. The van der Waals surface area contributed by atoms with Gasteiger partial charge in [-0.05, 0) is 37.4 Å². The lowest BCUT2D eigenvalue weighted by Crippen LogP contribution is -2.40. The third kappa shape index (κ3) is 3.82. The highest BCUT2D eigenvalue weighted by atomic mass is 19.1. The molecule has 1 aromatic carbocycles. The number of likely N-dealkylation sites (tertiary alicyclic amines) is 1. The SMILES string of the molecule is NCC1CCN(C(=O)CCc2ncc(-c3ccccc3F)o2)CC1. The highest BCUT2D eigenvalue weighted by molar-refractivity contribution is 5.76. The van der Waals surface area contributed by atoms with Crippen molar-refractivity contribution in [3.05, 3.63) is 42.2 Å². The number of benzene rings is 1. The van der Waals surface area contributed by atoms with Gasteiger partial charge in [-0.2, -0.15) is 0 Å². The number of oxazole rings is 1. The van der Waals surface area contributed by atoms with Crippen molar-refractivity contribution < 1.29 is 13.6 Å². The number of aromatic nitrogens is 1. The predicted molar refractivity (Wildman–Crippen MR) is 88.6 cm³/mol. The summed E-state index contributed by atoms with van der Waals surface area (Å²) in [4.78, 5) is 18.3. The first kappa shape index (κ1) is 16.6. The summed E-state index contributed by atoms with van der Waals surface area (Å²) in [5, 5.41) is 0. The third-order valence-corrected chi connectivity index (χ3v) is 4.55. The van der Waals surface area contributed by atoms with Crippen molar-refractivity contribution >= 4 is 5.91 Å². The average molecular weight is 331 g/mol. The molecule has 2 N–H and O–H groups in total. The van der Waals surface area contributed by atoms with Crippen LogP contribution in [0, 0.1) is 11.7 Å². The standard InChI is InChI=1S/C18H22FN3O2/c19-15-4-2-1-3-14(15)16-12-21-17(24-16)5-6-18(23)22-9-7-13(11-20)8-10-22/h1-4,12-13H,5-11,20H2. The summed E-state index contributed by atoms with van der Waals surface area (Å²) < 4.78 is 19.3. The Hall–Kier alpha value is -2.21. The van der Waals surface area contributed by atoms with Crippen LogP contribution in [0.25, 0.3) is 11.3 Å².